The molecule has 2 atom stereocenters. The number of hydrogen-bond donors (Lipinski definition) is 1. The highest BCUT2D eigenvalue weighted by molar-refractivity contribution is 5.28. The minimum absolute atomic E-state index is 0.103. The van der Waals surface area contributed by atoms with Gasteiger partial charge in [0.15, 0.2) is 0 Å². The van der Waals surface area contributed by atoms with Crippen LogP contribution in [0.15, 0.2) is 24.3 Å². The maximum atomic E-state index is 6.32. The van der Waals surface area contributed by atoms with Crippen LogP contribution in [0.1, 0.15) is 44.4 Å². The molecule has 2 nitrogen and oxygen atoms in total. The van der Waals surface area contributed by atoms with Crippen molar-refractivity contribution < 1.29 is 0 Å². The summed E-state index contributed by atoms with van der Waals surface area (Å²) in [6, 6.07) is 9.09. The SMILES string of the molecule is Cc1ccccc1C(N)CN(C)C(C)CC(C)C. The van der Waals surface area contributed by atoms with E-state index in [1.165, 1.54) is 17.5 Å². The van der Waals surface area contributed by atoms with Crippen molar-refractivity contribution in [2.45, 2.75) is 46.2 Å². The molecule has 0 fully saturated rings. The summed E-state index contributed by atoms with van der Waals surface area (Å²) in [5.74, 6) is 0.733. The Labute approximate surface area is 112 Å². The third-order valence-corrected chi connectivity index (χ3v) is 3.64. The van der Waals surface area contributed by atoms with Crippen molar-refractivity contribution in [3.8, 4) is 0 Å². The van der Waals surface area contributed by atoms with Crippen LogP contribution in [0.5, 0.6) is 0 Å². The van der Waals surface area contributed by atoms with Crippen molar-refractivity contribution >= 4 is 0 Å². The number of nitrogens with two attached hydrogens (primary N) is 1. The first-order valence-corrected chi connectivity index (χ1v) is 6.93. The zero-order chi connectivity index (χ0) is 13.7. The number of hydrogen-bond acceptors (Lipinski definition) is 2. The Morgan fingerprint density at radius 3 is 2.33 bits per heavy atom. The summed E-state index contributed by atoms with van der Waals surface area (Å²) in [5, 5.41) is 0. The molecule has 0 heterocycles. The summed E-state index contributed by atoms with van der Waals surface area (Å²) in [6.07, 6.45) is 1.22. The normalized spacial score (nSPS) is 15.1. The highest BCUT2D eigenvalue weighted by Gasteiger charge is 2.16. The van der Waals surface area contributed by atoms with Gasteiger partial charge in [-0.3, -0.25) is 0 Å². The van der Waals surface area contributed by atoms with E-state index in [1.54, 1.807) is 0 Å². The smallest absolute Gasteiger partial charge is 0.0426 e. The maximum Gasteiger partial charge on any atom is 0.0426 e. The fraction of sp³-hybridized carbons (Fsp3) is 0.625. The molecule has 0 aliphatic heterocycles. The minimum Gasteiger partial charge on any atom is -0.323 e. The van der Waals surface area contributed by atoms with Crippen molar-refractivity contribution in [1.82, 2.24) is 4.90 Å². The lowest BCUT2D eigenvalue weighted by Crippen LogP contribution is -2.36. The average molecular weight is 248 g/mol. The van der Waals surface area contributed by atoms with Gasteiger partial charge in [-0.1, -0.05) is 38.1 Å². The Bertz CT molecular complexity index is 360. The van der Waals surface area contributed by atoms with Crippen molar-refractivity contribution in [2.75, 3.05) is 13.6 Å². The van der Waals surface area contributed by atoms with Gasteiger partial charge in [-0.15, -0.1) is 0 Å². The third-order valence-electron chi connectivity index (χ3n) is 3.64. The van der Waals surface area contributed by atoms with E-state index in [-0.39, 0.29) is 6.04 Å². The topological polar surface area (TPSA) is 29.3 Å². The lowest BCUT2D eigenvalue weighted by atomic mass is 10.00. The zero-order valence-corrected chi connectivity index (χ0v) is 12.5. The zero-order valence-electron chi connectivity index (χ0n) is 12.5. The molecule has 2 unspecified atom stereocenters. The summed E-state index contributed by atoms with van der Waals surface area (Å²) in [4.78, 5) is 2.37. The number of benzene rings is 1. The molecule has 102 valence electrons. The highest BCUT2D eigenvalue weighted by Crippen LogP contribution is 2.18. The summed E-state index contributed by atoms with van der Waals surface area (Å²) < 4.78 is 0. The van der Waals surface area contributed by atoms with E-state index in [4.69, 9.17) is 5.73 Å². The molecule has 2 N–H and O–H groups in total. The second kappa shape index (κ2) is 6.91. The van der Waals surface area contributed by atoms with E-state index in [0.29, 0.717) is 6.04 Å². The van der Waals surface area contributed by atoms with Crippen molar-refractivity contribution in [1.29, 1.82) is 0 Å². The molecule has 0 aromatic heterocycles. The number of likely N-dealkylation sites (N-methyl/N-ethyl adjacent to an activating group) is 1. The van der Waals surface area contributed by atoms with Gasteiger partial charge in [0, 0.05) is 18.6 Å². The van der Waals surface area contributed by atoms with Gasteiger partial charge in [-0.05, 0) is 44.4 Å². The van der Waals surface area contributed by atoms with E-state index in [1.807, 2.05) is 0 Å². The second-order valence-corrected chi connectivity index (χ2v) is 5.88. The van der Waals surface area contributed by atoms with Gasteiger partial charge in [0.05, 0.1) is 0 Å². The van der Waals surface area contributed by atoms with Gasteiger partial charge < -0.3 is 10.6 Å². The summed E-state index contributed by atoms with van der Waals surface area (Å²) in [6.45, 7) is 9.87. The highest BCUT2D eigenvalue weighted by atomic mass is 15.1. The fourth-order valence-electron chi connectivity index (χ4n) is 2.45. The monoisotopic (exact) mass is 248 g/mol. The van der Waals surface area contributed by atoms with Crippen LogP contribution in [-0.2, 0) is 0 Å². The first-order chi connectivity index (χ1) is 8.41. The Hall–Kier alpha value is -0.860. The van der Waals surface area contributed by atoms with Crippen LogP contribution in [0.25, 0.3) is 0 Å². The molecule has 0 spiro atoms. The van der Waals surface area contributed by atoms with Crippen LogP contribution in [-0.4, -0.2) is 24.5 Å². The molecule has 0 bridgehead atoms. The Morgan fingerprint density at radius 1 is 1.17 bits per heavy atom. The minimum atomic E-state index is 0.103. The molecule has 0 radical (unpaired) electrons. The first-order valence-electron chi connectivity index (χ1n) is 6.93. The standard InChI is InChI=1S/C16H28N2/c1-12(2)10-14(4)18(5)11-16(17)15-9-7-6-8-13(15)3/h6-9,12,14,16H,10-11,17H2,1-5H3. The Kier molecular flexibility index (Phi) is 5.83. The summed E-state index contributed by atoms with van der Waals surface area (Å²) >= 11 is 0. The Balaban J connectivity index is 2.59. The molecule has 18 heavy (non-hydrogen) atoms. The lowest BCUT2D eigenvalue weighted by Gasteiger charge is -2.29. The molecule has 0 amide bonds. The van der Waals surface area contributed by atoms with Gasteiger partial charge in [0.25, 0.3) is 0 Å². The van der Waals surface area contributed by atoms with Crippen molar-refractivity contribution in [3.05, 3.63) is 35.4 Å². The molecule has 1 aromatic rings. The van der Waals surface area contributed by atoms with Crippen LogP contribution in [0.3, 0.4) is 0 Å². The summed E-state index contributed by atoms with van der Waals surface area (Å²) in [7, 11) is 2.17. The van der Waals surface area contributed by atoms with E-state index >= 15 is 0 Å². The molecule has 0 saturated carbocycles. The van der Waals surface area contributed by atoms with Gasteiger partial charge in [-0.2, -0.15) is 0 Å². The predicted molar refractivity (Wildman–Crippen MR) is 79.7 cm³/mol. The van der Waals surface area contributed by atoms with Crippen LogP contribution in [0.4, 0.5) is 0 Å². The van der Waals surface area contributed by atoms with Crippen LogP contribution in [0, 0.1) is 12.8 Å². The fourth-order valence-corrected chi connectivity index (χ4v) is 2.45. The van der Waals surface area contributed by atoms with Crippen molar-refractivity contribution in [3.63, 3.8) is 0 Å². The summed E-state index contributed by atoms with van der Waals surface area (Å²) in [5.41, 5.74) is 8.88. The number of nitrogens with zero attached hydrogens (tertiary/aromatic N) is 1. The van der Waals surface area contributed by atoms with Crippen molar-refractivity contribution in [2.24, 2.45) is 11.7 Å². The Morgan fingerprint density at radius 2 is 1.78 bits per heavy atom. The van der Waals surface area contributed by atoms with Crippen LogP contribution < -0.4 is 5.73 Å². The van der Waals surface area contributed by atoms with Gasteiger partial charge in [0.2, 0.25) is 0 Å². The quantitative estimate of drug-likeness (QED) is 0.836. The number of aryl methyl sites for hydroxylation is 1. The number of rotatable bonds is 6. The molecule has 2 heteroatoms. The molecule has 0 aliphatic rings. The molecule has 1 aromatic carbocycles. The maximum absolute atomic E-state index is 6.32. The molecule has 1 rings (SSSR count). The molecular formula is C16H28N2. The third kappa shape index (κ3) is 4.43. The van der Waals surface area contributed by atoms with E-state index < -0.39 is 0 Å². The average Bonchev–Trinajstić information content (AvgIpc) is 2.28. The van der Waals surface area contributed by atoms with Crippen LogP contribution in [0.2, 0.25) is 0 Å². The van der Waals surface area contributed by atoms with Crippen LogP contribution >= 0.6 is 0 Å². The molecular weight excluding hydrogens is 220 g/mol. The van der Waals surface area contributed by atoms with Gasteiger partial charge in [0.1, 0.15) is 0 Å². The molecule has 0 aliphatic carbocycles. The van der Waals surface area contributed by atoms with E-state index in [2.05, 4.69) is 63.9 Å². The lowest BCUT2D eigenvalue weighted by molar-refractivity contribution is 0.216. The largest absolute Gasteiger partial charge is 0.323 e. The first kappa shape index (κ1) is 15.2. The van der Waals surface area contributed by atoms with E-state index in [0.717, 1.165) is 12.5 Å². The van der Waals surface area contributed by atoms with Gasteiger partial charge in [-0.25, -0.2) is 0 Å². The van der Waals surface area contributed by atoms with Gasteiger partial charge >= 0.3 is 0 Å². The van der Waals surface area contributed by atoms with E-state index in [9.17, 15) is 0 Å². The second-order valence-electron chi connectivity index (χ2n) is 5.88. The molecule has 0 saturated heterocycles. The predicted octanol–water partition coefficient (Wildman–Crippen LogP) is 3.36.